The van der Waals surface area contributed by atoms with Crippen LogP contribution in [0.15, 0.2) is 18.5 Å². The lowest BCUT2D eigenvalue weighted by Crippen LogP contribution is -2.09. The molecule has 0 fully saturated rings. The zero-order chi connectivity index (χ0) is 13.3. The second-order valence-corrected chi connectivity index (χ2v) is 3.90. The summed E-state index contributed by atoms with van der Waals surface area (Å²) in [5.41, 5.74) is -1.30. The van der Waals surface area contributed by atoms with Crippen LogP contribution >= 0.6 is 23.2 Å². The number of halogens is 5. The first-order valence-corrected chi connectivity index (χ1v) is 5.21. The second kappa shape index (κ2) is 4.66. The molecule has 4 nitrogen and oxygen atoms in total. The Morgan fingerprint density at radius 3 is 2.11 bits per heavy atom. The summed E-state index contributed by atoms with van der Waals surface area (Å²) >= 11 is 11.2. The van der Waals surface area contributed by atoms with Gasteiger partial charge in [-0.1, -0.05) is 23.2 Å². The molecule has 2 aromatic rings. The van der Waals surface area contributed by atoms with E-state index in [1.165, 1.54) is 6.07 Å². The third kappa shape index (κ3) is 2.85. The largest absolute Gasteiger partial charge is 0.434 e. The molecule has 0 radical (unpaired) electrons. The number of aromatic nitrogens is 4. The number of rotatable bonds is 1. The topological polar surface area (TPSA) is 51.6 Å². The van der Waals surface area contributed by atoms with Crippen molar-refractivity contribution in [1.82, 2.24) is 19.9 Å². The second-order valence-electron chi connectivity index (χ2n) is 3.12. The van der Waals surface area contributed by atoms with E-state index in [1.54, 1.807) is 0 Å². The van der Waals surface area contributed by atoms with Crippen molar-refractivity contribution in [3.05, 3.63) is 34.5 Å². The summed E-state index contributed by atoms with van der Waals surface area (Å²) in [4.78, 5) is 14.3. The summed E-state index contributed by atoms with van der Waals surface area (Å²) in [5, 5.41) is 0.00780. The molecule has 0 aromatic carbocycles. The lowest BCUT2D eigenvalue weighted by molar-refractivity contribution is -0.141. The molecule has 2 heterocycles. The Morgan fingerprint density at radius 2 is 1.56 bits per heavy atom. The molecule has 0 bridgehead atoms. The van der Waals surface area contributed by atoms with Gasteiger partial charge >= 0.3 is 6.18 Å². The predicted octanol–water partition coefficient (Wildman–Crippen LogP) is 3.26. The van der Waals surface area contributed by atoms with E-state index in [1.807, 2.05) is 0 Å². The first-order chi connectivity index (χ1) is 8.36. The molecular weight excluding hydrogens is 292 g/mol. The van der Waals surface area contributed by atoms with E-state index in [0.29, 0.717) is 6.20 Å². The molecule has 0 saturated carbocycles. The fourth-order valence-electron chi connectivity index (χ4n) is 1.12. The van der Waals surface area contributed by atoms with Gasteiger partial charge in [-0.05, 0) is 0 Å². The van der Waals surface area contributed by atoms with Gasteiger partial charge < -0.3 is 0 Å². The highest BCUT2D eigenvalue weighted by Gasteiger charge is 2.33. The number of nitrogens with zero attached hydrogens (tertiary/aromatic N) is 4. The van der Waals surface area contributed by atoms with Crippen molar-refractivity contribution in [2.75, 3.05) is 0 Å². The third-order valence-corrected chi connectivity index (χ3v) is 2.20. The van der Waals surface area contributed by atoms with E-state index >= 15 is 0 Å². The van der Waals surface area contributed by atoms with Crippen LogP contribution in [0.5, 0.6) is 0 Å². The van der Waals surface area contributed by atoms with Crippen molar-refractivity contribution < 1.29 is 13.2 Å². The molecule has 94 valence electrons. The highest BCUT2D eigenvalue weighted by Crippen LogP contribution is 2.28. The molecule has 0 amide bonds. The van der Waals surface area contributed by atoms with Gasteiger partial charge in [0.2, 0.25) is 0 Å². The normalized spacial score (nSPS) is 11.6. The van der Waals surface area contributed by atoms with Crippen molar-refractivity contribution >= 4 is 23.2 Å². The van der Waals surface area contributed by atoms with Gasteiger partial charge in [-0.3, -0.25) is 4.98 Å². The molecule has 0 spiro atoms. The first kappa shape index (κ1) is 13.0. The standard InChI is InChI=1S/C9H3Cl2F3N4/c10-6-1-7(11)18-8(17-6)4-2-15-3-5(16-4)9(12,13)14/h1-3H. The lowest BCUT2D eigenvalue weighted by Gasteiger charge is -2.06. The Kier molecular flexibility index (Phi) is 3.36. The fraction of sp³-hybridized carbons (Fsp3) is 0.111. The molecule has 0 aliphatic carbocycles. The summed E-state index contributed by atoms with van der Waals surface area (Å²) in [6.07, 6.45) is -2.89. The molecule has 2 aromatic heterocycles. The monoisotopic (exact) mass is 294 g/mol. The highest BCUT2D eigenvalue weighted by molar-refractivity contribution is 6.33. The number of hydrogen-bond donors (Lipinski definition) is 0. The average Bonchev–Trinajstić information content (AvgIpc) is 2.27. The molecule has 0 aliphatic heterocycles. The van der Waals surface area contributed by atoms with Crippen LogP contribution in [0.3, 0.4) is 0 Å². The molecular formula is C9H3Cl2F3N4. The summed E-state index contributed by atoms with van der Waals surface area (Å²) < 4.78 is 37.3. The van der Waals surface area contributed by atoms with Crippen LogP contribution in [0.1, 0.15) is 5.69 Å². The molecule has 0 aliphatic rings. The minimum absolute atomic E-state index is 0.00390. The molecule has 0 N–H and O–H groups in total. The molecule has 9 heteroatoms. The van der Waals surface area contributed by atoms with E-state index in [0.717, 1.165) is 6.20 Å². The maximum atomic E-state index is 12.4. The lowest BCUT2D eigenvalue weighted by atomic mass is 10.3. The number of hydrogen-bond acceptors (Lipinski definition) is 4. The molecule has 0 atom stereocenters. The van der Waals surface area contributed by atoms with Gasteiger partial charge in [0.05, 0.1) is 12.4 Å². The molecule has 0 unspecified atom stereocenters. The third-order valence-electron chi connectivity index (χ3n) is 1.82. The Labute approximate surface area is 109 Å². The van der Waals surface area contributed by atoms with Gasteiger partial charge in [0, 0.05) is 6.07 Å². The van der Waals surface area contributed by atoms with Gasteiger partial charge in [0.1, 0.15) is 16.0 Å². The molecule has 0 saturated heterocycles. The van der Waals surface area contributed by atoms with Gasteiger partial charge in [0.15, 0.2) is 11.5 Å². The summed E-state index contributed by atoms with van der Waals surface area (Å²) in [6.45, 7) is 0. The van der Waals surface area contributed by atoms with Crippen molar-refractivity contribution in [1.29, 1.82) is 0 Å². The van der Waals surface area contributed by atoms with Crippen LogP contribution < -0.4 is 0 Å². The van der Waals surface area contributed by atoms with E-state index in [4.69, 9.17) is 23.2 Å². The van der Waals surface area contributed by atoms with E-state index in [-0.39, 0.29) is 21.8 Å². The Hall–Kier alpha value is -1.47. The SMILES string of the molecule is FC(F)(F)c1cncc(-c2nc(Cl)cc(Cl)n2)n1. The van der Waals surface area contributed by atoms with Crippen LogP contribution in [-0.2, 0) is 6.18 Å². The predicted molar refractivity (Wildman–Crippen MR) is 58.1 cm³/mol. The average molecular weight is 295 g/mol. The minimum Gasteiger partial charge on any atom is -0.260 e. The Morgan fingerprint density at radius 1 is 0.944 bits per heavy atom. The smallest absolute Gasteiger partial charge is 0.260 e. The first-order valence-electron chi connectivity index (χ1n) is 4.46. The van der Waals surface area contributed by atoms with Crippen molar-refractivity contribution in [3.63, 3.8) is 0 Å². The van der Waals surface area contributed by atoms with E-state index < -0.39 is 11.9 Å². The summed E-state index contributed by atoms with van der Waals surface area (Å²) in [5.74, 6) is -0.119. The Bertz CT molecular complexity index is 568. The summed E-state index contributed by atoms with van der Waals surface area (Å²) in [6, 6.07) is 1.26. The van der Waals surface area contributed by atoms with Gasteiger partial charge in [-0.25, -0.2) is 15.0 Å². The molecule has 18 heavy (non-hydrogen) atoms. The highest BCUT2D eigenvalue weighted by atomic mass is 35.5. The maximum Gasteiger partial charge on any atom is 0.434 e. The van der Waals surface area contributed by atoms with Crippen molar-refractivity contribution in [2.45, 2.75) is 6.18 Å². The fourth-order valence-corrected chi connectivity index (χ4v) is 1.54. The van der Waals surface area contributed by atoms with Crippen LogP contribution in [0, 0.1) is 0 Å². The van der Waals surface area contributed by atoms with Crippen molar-refractivity contribution in [2.24, 2.45) is 0 Å². The summed E-state index contributed by atoms with van der Waals surface area (Å²) in [7, 11) is 0. The van der Waals surface area contributed by atoms with Gasteiger partial charge in [0.25, 0.3) is 0 Å². The zero-order valence-electron chi connectivity index (χ0n) is 8.41. The molecule has 2 rings (SSSR count). The van der Waals surface area contributed by atoms with Crippen molar-refractivity contribution in [3.8, 4) is 11.5 Å². The quantitative estimate of drug-likeness (QED) is 0.758. The van der Waals surface area contributed by atoms with Crippen LogP contribution in [-0.4, -0.2) is 19.9 Å². The number of alkyl halides is 3. The van der Waals surface area contributed by atoms with E-state index in [9.17, 15) is 13.2 Å². The maximum absolute atomic E-state index is 12.4. The van der Waals surface area contributed by atoms with E-state index in [2.05, 4.69) is 19.9 Å². The van der Waals surface area contributed by atoms with Gasteiger partial charge in [-0.15, -0.1) is 0 Å². The minimum atomic E-state index is -4.59. The Balaban J connectivity index is 2.51. The van der Waals surface area contributed by atoms with Crippen LogP contribution in [0.4, 0.5) is 13.2 Å². The van der Waals surface area contributed by atoms with Gasteiger partial charge in [-0.2, -0.15) is 13.2 Å². The van der Waals surface area contributed by atoms with Crippen LogP contribution in [0.25, 0.3) is 11.5 Å². The van der Waals surface area contributed by atoms with Crippen LogP contribution in [0.2, 0.25) is 10.3 Å². The zero-order valence-corrected chi connectivity index (χ0v) is 9.92.